The van der Waals surface area contributed by atoms with Gasteiger partial charge in [0.05, 0.1) is 0 Å². The fraction of sp³-hybridized carbons (Fsp3) is 0.588. The fourth-order valence-electron chi connectivity index (χ4n) is 3.56. The van der Waals surface area contributed by atoms with Crippen molar-refractivity contribution in [1.82, 2.24) is 9.80 Å². The van der Waals surface area contributed by atoms with Gasteiger partial charge in [0.2, 0.25) is 5.91 Å². The molecule has 4 heteroatoms. The Balaban J connectivity index is 1.55. The molecule has 0 aliphatic carbocycles. The number of carbonyl (C=O) groups excluding carboxylic acids is 1. The van der Waals surface area contributed by atoms with Crippen LogP contribution in [0.15, 0.2) is 30.3 Å². The number of piperidine rings is 1. The summed E-state index contributed by atoms with van der Waals surface area (Å²) < 4.78 is 0. The molecular weight excluding hydrogens is 262 g/mol. The number of rotatable bonds is 3. The summed E-state index contributed by atoms with van der Waals surface area (Å²) in [5.41, 5.74) is 7.03. The van der Waals surface area contributed by atoms with Crippen LogP contribution in [0.3, 0.4) is 0 Å². The number of nitrogens with zero attached hydrogens (tertiary/aromatic N) is 2. The summed E-state index contributed by atoms with van der Waals surface area (Å²) in [7, 11) is 0. The van der Waals surface area contributed by atoms with Gasteiger partial charge >= 0.3 is 0 Å². The monoisotopic (exact) mass is 287 g/mol. The molecular formula is C17H25N3O. The molecule has 21 heavy (non-hydrogen) atoms. The van der Waals surface area contributed by atoms with E-state index in [2.05, 4.69) is 4.90 Å². The van der Waals surface area contributed by atoms with Gasteiger partial charge in [-0.3, -0.25) is 4.79 Å². The maximum absolute atomic E-state index is 12.5. The molecule has 0 radical (unpaired) electrons. The molecule has 1 atom stereocenters. The molecule has 0 aromatic heterocycles. The Morgan fingerprint density at radius 3 is 2.29 bits per heavy atom. The van der Waals surface area contributed by atoms with E-state index in [0.29, 0.717) is 6.04 Å². The first-order valence-electron chi connectivity index (χ1n) is 8.09. The molecule has 2 heterocycles. The predicted molar refractivity (Wildman–Crippen MR) is 83.8 cm³/mol. The van der Waals surface area contributed by atoms with Crippen LogP contribution in [0.1, 0.15) is 37.3 Å². The number of amides is 1. The molecule has 0 bridgehead atoms. The van der Waals surface area contributed by atoms with Crippen molar-refractivity contribution in [3.05, 3.63) is 35.9 Å². The van der Waals surface area contributed by atoms with Gasteiger partial charge in [-0.15, -0.1) is 0 Å². The zero-order chi connectivity index (χ0) is 14.7. The standard InChI is InChI=1S/C17H25N3O/c18-16(14-6-2-1-3-7-14)17(21)20-12-8-15(9-13-20)19-10-4-5-11-19/h1-3,6-7,15-16H,4-5,8-13,18H2. The number of hydrogen-bond donors (Lipinski definition) is 1. The van der Waals surface area contributed by atoms with Crippen molar-refractivity contribution < 1.29 is 4.79 Å². The Bertz CT molecular complexity index is 462. The van der Waals surface area contributed by atoms with Gasteiger partial charge in [0.15, 0.2) is 0 Å². The molecule has 1 aromatic carbocycles. The molecule has 3 rings (SSSR count). The summed E-state index contributed by atoms with van der Waals surface area (Å²) in [6, 6.07) is 9.82. The van der Waals surface area contributed by atoms with Crippen molar-refractivity contribution in [3.63, 3.8) is 0 Å². The number of carbonyl (C=O) groups is 1. The van der Waals surface area contributed by atoms with E-state index in [4.69, 9.17) is 5.73 Å². The number of benzene rings is 1. The molecule has 114 valence electrons. The Labute approximate surface area is 126 Å². The van der Waals surface area contributed by atoms with Gasteiger partial charge < -0.3 is 15.5 Å². The lowest BCUT2D eigenvalue weighted by molar-refractivity contribution is -0.134. The third kappa shape index (κ3) is 3.27. The quantitative estimate of drug-likeness (QED) is 0.922. The van der Waals surface area contributed by atoms with Crippen LogP contribution in [0.5, 0.6) is 0 Å². The van der Waals surface area contributed by atoms with Gasteiger partial charge in [-0.1, -0.05) is 30.3 Å². The van der Waals surface area contributed by atoms with E-state index in [1.807, 2.05) is 35.2 Å². The molecule has 4 nitrogen and oxygen atoms in total. The van der Waals surface area contributed by atoms with Crippen molar-refractivity contribution in [2.24, 2.45) is 5.73 Å². The summed E-state index contributed by atoms with van der Waals surface area (Å²) >= 11 is 0. The summed E-state index contributed by atoms with van der Waals surface area (Å²) in [6.07, 6.45) is 4.84. The minimum absolute atomic E-state index is 0.0704. The highest BCUT2D eigenvalue weighted by molar-refractivity contribution is 5.83. The van der Waals surface area contributed by atoms with Crippen LogP contribution in [-0.2, 0) is 4.79 Å². The molecule has 1 aromatic rings. The summed E-state index contributed by atoms with van der Waals surface area (Å²) in [6.45, 7) is 4.17. The number of likely N-dealkylation sites (tertiary alicyclic amines) is 2. The van der Waals surface area contributed by atoms with E-state index < -0.39 is 6.04 Å². The average molecular weight is 287 g/mol. The molecule has 2 aliphatic heterocycles. The van der Waals surface area contributed by atoms with Crippen molar-refractivity contribution in [1.29, 1.82) is 0 Å². The second-order valence-electron chi connectivity index (χ2n) is 6.19. The number of hydrogen-bond acceptors (Lipinski definition) is 3. The van der Waals surface area contributed by atoms with Crippen LogP contribution >= 0.6 is 0 Å². The van der Waals surface area contributed by atoms with Gasteiger partial charge in [-0.2, -0.15) is 0 Å². The second-order valence-corrected chi connectivity index (χ2v) is 6.19. The van der Waals surface area contributed by atoms with Crippen molar-refractivity contribution in [2.45, 2.75) is 37.8 Å². The first-order valence-corrected chi connectivity index (χ1v) is 8.09. The molecule has 2 aliphatic rings. The van der Waals surface area contributed by atoms with Gasteiger partial charge in [0.1, 0.15) is 6.04 Å². The molecule has 0 saturated carbocycles. The van der Waals surface area contributed by atoms with Crippen LogP contribution in [0, 0.1) is 0 Å². The topological polar surface area (TPSA) is 49.6 Å². The average Bonchev–Trinajstić information content (AvgIpc) is 3.09. The highest BCUT2D eigenvalue weighted by atomic mass is 16.2. The fourth-order valence-corrected chi connectivity index (χ4v) is 3.56. The van der Waals surface area contributed by atoms with E-state index in [9.17, 15) is 4.79 Å². The second kappa shape index (κ2) is 6.58. The van der Waals surface area contributed by atoms with Gasteiger partial charge in [0, 0.05) is 19.1 Å². The lowest BCUT2D eigenvalue weighted by Crippen LogP contribution is -2.48. The first-order chi connectivity index (χ1) is 10.3. The Hall–Kier alpha value is -1.39. The lowest BCUT2D eigenvalue weighted by Gasteiger charge is -2.37. The van der Waals surface area contributed by atoms with E-state index in [1.165, 1.54) is 25.9 Å². The van der Waals surface area contributed by atoms with E-state index in [0.717, 1.165) is 31.5 Å². The van der Waals surface area contributed by atoms with E-state index in [1.54, 1.807) is 0 Å². The minimum atomic E-state index is -0.519. The highest BCUT2D eigenvalue weighted by Crippen LogP contribution is 2.23. The van der Waals surface area contributed by atoms with Crippen molar-refractivity contribution in [3.8, 4) is 0 Å². The maximum atomic E-state index is 12.5. The third-order valence-electron chi connectivity index (χ3n) is 4.86. The van der Waals surface area contributed by atoms with Crippen LogP contribution in [0.2, 0.25) is 0 Å². The van der Waals surface area contributed by atoms with Gasteiger partial charge in [-0.05, 0) is 44.3 Å². The molecule has 0 spiro atoms. The van der Waals surface area contributed by atoms with Crippen LogP contribution in [0.25, 0.3) is 0 Å². The van der Waals surface area contributed by atoms with Gasteiger partial charge in [0.25, 0.3) is 0 Å². The van der Waals surface area contributed by atoms with Gasteiger partial charge in [-0.25, -0.2) is 0 Å². The third-order valence-corrected chi connectivity index (χ3v) is 4.86. The van der Waals surface area contributed by atoms with Crippen molar-refractivity contribution in [2.75, 3.05) is 26.2 Å². The van der Waals surface area contributed by atoms with E-state index in [-0.39, 0.29) is 5.91 Å². The highest BCUT2D eigenvalue weighted by Gasteiger charge is 2.30. The van der Waals surface area contributed by atoms with Crippen LogP contribution in [0.4, 0.5) is 0 Å². The smallest absolute Gasteiger partial charge is 0.244 e. The maximum Gasteiger partial charge on any atom is 0.244 e. The molecule has 2 saturated heterocycles. The molecule has 1 amide bonds. The normalized spacial score (nSPS) is 22.4. The largest absolute Gasteiger partial charge is 0.341 e. The predicted octanol–water partition coefficient (Wildman–Crippen LogP) is 1.77. The Morgan fingerprint density at radius 1 is 1.05 bits per heavy atom. The summed E-state index contributed by atoms with van der Waals surface area (Å²) in [4.78, 5) is 17.1. The zero-order valence-corrected chi connectivity index (χ0v) is 12.6. The van der Waals surface area contributed by atoms with E-state index >= 15 is 0 Å². The SMILES string of the molecule is NC(C(=O)N1CCC(N2CCCC2)CC1)c1ccccc1. The molecule has 1 unspecified atom stereocenters. The Kier molecular flexibility index (Phi) is 4.56. The first kappa shape index (κ1) is 14.5. The Morgan fingerprint density at radius 2 is 1.67 bits per heavy atom. The molecule has 2 N–H and O–H groups in total. The minimum Gasteiger partial charge on any atom is -0.341 e. The summed E-state index contributed by atoms with van der Waals surface area (Å²) in [5.74, 6) is 0.0704. The van der Waals surface area contributed by atoms with Crippen LogP contribution < -0.4 is 5.73 Å². The lowest BCUT2D eigenvalue weighted by atomic mass is 10.0. The van der Waals surface area contributed by atoms with Crippen LogP contribution in [-0.4, -0.2) is 47.9 Å². The van der Waals surface area contributed by atoms with Crippen molar-refractivity contribution >= 4 is 5.91 Å². The summed E-state index contributed by atoms with van der Waals surface area (Å²) in [5, 5.41) is 0. The number of nitrogens with two attached hydrogens (primary N) is 1. The zero-order valence-electron chi connectivity index (χ0n) is 12.6. The molecule has 2 fully saturated rings.